The summed E-state index contributed by atoms with van der Waals surface area (Å²) >= 11 is 13.6. The van der Waals surface area contributed by atoms with Crippen LogP contribution in [0.5, 0.6) is 0 Å². The highest BCUT2D eigenvalue weighted by molar-refractivity contribution is 7.99. The standard InChI is InChI=1S/C20H22Cl2N2O3S2/c21-16-7-6-15(19(22)12-16)13-28-14-20(25)24-10-8-17(9-11-24)23-29(26,27)18-4-2-1-3-5-18/h1-7,12,17,23H,8-11,13-14H2. The van der Waals surface area contributed by atoms with Crippen molar-refractivity contribution in [3.63, 3.8) is 0 Å². The summed E-state index contributed by atoms with van der Waals surface area (Å²) in [5.74, 6) is 1.05. The normalized spacial score (nSPS) is 15.4. The maximum absolute atomic E-state index is 12.5. The SMILES string of the molecule is O=C(CSCc1ccc(Cl)cc1Cl)N1CCC(NS(=O)(=O)c2ccccc2)CC1. The highest BCUT2D eigenvalue weighted by Gasteiger charge is 2.26. The number of nitrogens with zero attached hydrogens (tertiary/aromatic N) is 1. The van der Waals surface area contributed by atoms with Crippen molar-refractivity contribution in [3.8, 4) is 0 Å². The highest BCUT2D eigenvalue weighted by atomic mass is 35.5. The first-order valence-corrected chi connectivity index (χ1v) is 12.6. The van der Waals surface area contributed by atoms with Crippen LogP contribution in [0.4, 0.5) is 0 Å². The second kappa shape index (κ2) is 10.2. The van der Waals surface area contributed by atoms with Crippen molar-refractivity contribution in [2.75, 3.05) is 18.8 Å². The maximum Gasteiger partial charge on any atom is 0.240 e. The molecule has 0 unspecified atom stereocenters. The quantitative estimate of drug-likeness (QED) is 0.655. The summed E-state index contributed by atoms with van der Waals surface area (Å²) in [5, 5.41) is 1.19. The summed E-state index contributed by atoms with van der Waals surface area (Å²) in [6, 6.07) is 13.5. The molecule has 0 bridgehead atoms. The van der Waals surface area contributed by atoms with Gasteiger partial charge in [-0.3, -0.25) is 4.79 Å². The Morgan fingerprint density at radius 3 is 2.45 bits per heavy atom. The van der Waals surface area contributed by atoms with E-state index in [0.717, 1.165) is 5.56 Å². The first-order chi connectivity index (χ1) is 13.8. The Hall–Kier alpha value is -1.25. The van der Waals surface area contributed by atoms with Gasteiger partial charge < -0.3 is 4.90 Å². The van der Waals surface area contributed by atoms with Crippen LogP contribution in [0.2, 0.25) is 10.0 Å². The van der Waals surface area contributed by atoms with Gasteiger partial charge in [-0.15, -0.1) is 11.8 Å². The molecule has 1 N–H and O–H groups in total. The zero-order chi connectivity index (χ0) is 20.9. The molecule has 29 heavy (non-hydrogen) atoms. The van der Waals surface area contributed by atoms with E-state index in [-0.39, 0.29) is 16.8 Å². The van der Waals surface area contributed by atoms with E-state index in [2.05, 4.69) is 4.72 Å². The number of rotatable bonds is 7. The molecule has 3 rings (SSSR count). The van der Waals surface area contributed by atoms with Crippen molar-refractivity contribution >= 4 is 50.9 Å². The summed E-state index contributed by atoms with van der Waals surface area (Å²) in [5.41, 5.74) is 0.947. The molecule has 5 nitrogen and oxygen atoms in total. The van der Waals surface area contributed by atoms with E-state index < -0.39 is 10.0 Å². The molecule has 1 aliphatic heterocycles. The molecule has 156 valence electrons. The molecule has 0 aromatic heterocycles. The van der Waals surface area contributed by atoms with Crippen molar-refractivity contribution in [2.45, 2.75) is 29.5 Å². The van der Waals surface area contributed by atoms with Crippen LogP contribution in [0, 0.1) is 0 Å². The lowest BCUT2D eigenvalue weighted by Gasteiger charge is -2.32. The summed E-state index contributed by atoms with van der Waals surface area (Å²) in [6.07, 6.45) is 1.21. The number of benzene rings is 2. The number of piperidine rings is 1. The Morgan fingerprint density at radius 2 is 1.79 bits per heavy atom. The molecule has 0 radical (unpaired) electrons. The molecule has 2 aromatic carbocycles. The maximum atomic E-state index is 12.5. The predicted octanol–water partition coefficient (Wildman–Crippen LogP) is 4.20. The lowest BCUT2D eigenvalue weighted by atomic mass is 10.1. The van der Waals surface area contributed by atoms with E-state index in [1.807, 2.05) is 6.07 Å². The van der Waals surface area contributed by atoms with Gasteiger partial charge in [-0.1, -0.05) is 47.5 Å². The van der Waals surface area contributed by atoms with Crippen LogP contribution in [0.15, 0.2) is 53.4 Å². The average molecular weight is 473 g/mol. The van der Waals surface area contributed by atoms with Gasteiger partial charge in [-0.2, -0.15) is 0 Å². The fraction of sp³-hybridized carbons (Fsp3) is 0.350. The number of nitrogens with one attached hydrogen (secondary N) is 1. The summed E-state index contributed by atoms with van der Waals surface area (Å²) in [4.78, 5) is 14.5. The van der Waals surface area contributed by atoms with Crippen LogP contribution in [0.1, 0.15) is 18.4 Å². The van der Waals surface area contributed by atoms with Gasteiger partial charge in [0.1, 0.15) is 0 Å². The Kier molecular flexibility index (Phi) is 7.87. The minimum Gasteiger partial charge on any atom is -0.342 e. The first-order valence-electron chi connectivity index (χ1n) is 9.22. The largest absolute Gasteiger partial charge is 0.342 e. The Bertz CT molecular complexity index is 947. The van der Waals surface area contributed by atoms with E-state index in [1.54, 1.807) is 47.4 Å². The number of likely N-dealkylation sites (tertiary alicyclic amines) is 1. The summed E-state index contributed by atoms with van der Waals surface area (Å²) in [6.45, 7) is 1.09. The lowest BCUT2D eigenvalue weighted by molar-refractivity contribution is -0.129. The van der Waals surface area contributed by atoms with Gasteiger partial charge in [-0.25, -0.2) is 13.1 Å². The van der Waals surface area contributed by atoms with Crippen molar-refractivity contribution in [1.29, 1.82) is 0 Å². The predicted molar refractivity (Wildman–Crippen MR) is 119 cm³/mol. The minimum absolute atomic E-state index is 0.0597. The van der Waals surface area contributed by atoms with Crippen molar-refractivity contribution in [1.82, 2.24) is 9.62 Å². The number of thioether (sulfide) groups is 1. The smallest absolute Gasteiger partial charge is 0.240 e. The first kappa shape index (κ1) is 22.4. The topological polar surface area (TPSA) is 66.5 Å². The van der Waals surface area contributed by atoms with Crippen molar-refractivity contribution in [3.05, 3.63) is 64.1 Å². The molecule has 0 spiro atoms. The third kappa shape index (κ3) is 6.36. The molecule has 0 saturated carbocycles. The zero-order valence-electron chi connectivity index (χ0n) is 15.7. The Balaban J connectivity index is 1.43. The zero-order valence-corrected chi connectivity index (χ0v) is 18.8. The van der Waals surface area contributed by atoms with Gasteiger partial charge in [0.25, 0.3) is 0 Å². The minimum atomic E-state index is -3.53. The van der Waals surface area contributed by atoms with E-state index in [1.165, 1.54) is 11.8 Å². The van der Waals surface area contributed by atoms with E-state index in [4.69, 9.17) is 23.2 Å². The van der Waals surface area contributed by atoms with Gasteiger partial charge in [0.15, 0.2) is 0 Å². The molecule has 9 heteroatoms. The number of halogens is 2. The number of hydrogen-bond donors (Lipinski definition) is 1. The molecule has 2 aromatic rings. The molecular weight excluding hydrogens is 451 g/mol. The highest BCUT2D eigenvalue weighted by Crippen LogP contribution is 2.25. The number of hydrogen-bond acceptors (Lipinski definition) is 4. The third-order valence-corrected chi connectivity index (χ3v) is 7.81. The van der Waals surface area contributed by atoms with Gasteiger partial charge in [0.2, 0.25) is 15.9 Å². The van der Waals surface area contributed by atoms with Crippen LogP contribution >= 0.6 is 35.0 Å². The molecule has 0 aliphatic carbocycles. The monoisotopic (exact) mass is 472 g/mol. The number of carbonyl (C=O) groups excluding carboxylic acids is 1. The molecule has 1 aliphatic rings. The fourth-order valence-electron chi connectivity index (χ4n) is 3.11. The van der Waals surface area contributed by atoms with Crippen molar-refractivity contribution < 1.29 is 13.2 Å². The lowest BCUT2D eigenvalue weighted by Crippen LogP contribution is -2.47. The molecule has 1 amide bonds. The molecule has 1 saturated heterocycles. The second-order valence-electron chi connectivity index (χ2n) is 6.82. The molecular formula is C20H22Cl2N2O3S2. The average Bonchev–Trinajstić information content (AvgIpc) is 2.70. The van der Waals surface area contributed by atoms with Gasteiger partial charge >= 0.3 is 0 Å². The van der Waals surface area contributed by atoms with Crippen LogP contribution in [0.25, 0.3) is 0 Å². The summed E-state index contributed by atoms with van der Waals surface area (Å²) < 4.78 is 27.6. The molecule has 1 heterocycles. The molecule has 1 fully saturated rings. The Labute approximate surface area is 185 Å². The Morgan fingerprint density at radius 1 is 1.10 bits per heavy atom. The second-order valence-corrected chi connectivity index (χ2v) is 10.4. The van der Waals surface area contributed by atoms with E-state index in [0.29, 0.717) is 47.5 Å². The van der Waals surface area contributed by atoms with E-state index >= 15 is 0 Å². The van der Waals surface area contributed by atoms with E-state index in [9.17, 15) is 13.2 Å². The third-order valence-electron chi connectivity index (χ3n) is 4.72. The fourth-order valence-corrected chi connectivity index (χ4v) is 5.92. The van der Waals surface area contributed by atoms with Crippen LogP contribution < -0.4 is 4.72 Å². The van der Waals surface area contributed by atoms with Crippen LogP contribution in [0.3, 0.4) is 0 Å². The number of carbonyl (C=O) groups is 1. The van der Waals surface area contributed by atoms with Gasteiger partial charge in [0.05, 0.1) is 10.6 Å². The summed E-state index contributed by atoms with van der Waals surface area (Å²) in [7, 11) is -3.53. The van der Waals surface area contributed by atoms with Crippen LogP contribution in [-0.4, -0.2) is 44.1 Å². The number of amides is 1. The number of sulfonamides is 1. The van der Waals surface area contributed by atoms with Gasteiger partial charge in [0, 0.05) is 34.9 Å². The van der Waals surface area contributed by atoms with Crippen LogP contribution in [-0.2, 0) is 20.6 Å². The molecule has 0 atom stereocenters. The van der Waals surface area contributed by atoms with Crippen molar-refractivity contribution in [2.24, 2.45) is 0 Å². The van der Waals surface area contributed by atoms with Gasteiger partial charge in [-0.05, 0) is 42.7 Å².